The van der Waals surface area contributed by atoms with Crippen molar-refractivity contribution in [2.45, 2.75) is 31.0 Å². The Balaban J connectivity index is 2.16. The fraction of sp³-hybridized carbons (Fsp3) is 0.500. The van der Waals surface area contributed by atoms with Crippen molar-refractivity contribution in [3.05, 3.63) is 33.8 Å². The second-order valence-corrected chi connectivity index (χ2v) is 6.03. The van der Waals surface area contributed by atoms with Crippen LogP contribution < -0.4 is 5.32 Å². The lowest BCUT2D eigenvalue weighted by Crippen LogP contribution is -2.49. The van der Waals surface area contributed by atoms with Crippen molar-refractivity contribution in [1.29, 1.82) is 0 Å². The first-order chi connectivity index (χ1) is 9.77. The molecule has 1 fully saturated rings. The number of amides is 1. The van der Waals surface area contributed by atoms with E-state index in [1.807, 2.05) is 0 Å². The van der Waals surface area contributed by atoms with E-state index in [1.54, 1.807) is 7.11 Å². The number of halogens is 4. The first-order valence-corrected chi connectivity index (χ1v) is 7.27. The number of rotatable bonds is 4. The molecule has 1 N–H and O–H groups in total. The smallest absolute Gasteiger partial charge is 0.376 e. The van der Waals surface area contributed by atoms with Crippen LogP contribution in [-0.2, 0) is 10.9 Å². The van der Waals surface area contributed by atoms with E-state index in [2.05, 4.69) is 21.2 Å². The zero-order chi connectivity index (χ0) is 15.7. The first kappa shape index (κ1) is 16.3. The largest absolute Gasteiger partial charge is 0.417 e. The number of hydrogen-bond acceptors (Lipinski definition) is 2. The number of ether oxygens (including phenoxy) is 1. The van der Waals surface area contributed by atoms with Gasteiger partial charge in [0.15, 0.2) is 0 Å². The molecule has 0 aromatic heterocycles. The van der Waals surface area contributed by atoms with E-state index in [1.165, 1.54) is 12.1 Å². The van der Waals surface area contributed by atoms with E-state index < -0.39 is 23.2 Å². The van der Waals surface area contributed by atoms with Crippen LogP contribution in [0.3, 0.4) is 0 Å². The molecule has 0 aliphatic heterocycles. The van der Waals surface area contributed by atoms with Crippen LogP contribution in [0.5, 0.6) is 0 Å². The highest BCUT2D eigenvalue weighted by Gasteiger charge is 2.39. The fourth-order valence-corrected chi connectivity index (χ4v) is 2.67. The molecule has 1 aromatic rings. The summed E-state index contributed by atoms with van der Waals surface area (Å²) in [6.07, 6.45) is -1.98. The maximum absolute atomic E-state index is 13.0. The van der Waals surface area contributed by atoms with Gasteiger partial charge in [-0.15, -0.1) is 0 Å². The standard InChI is InChI=1S/C14H15BrF3NO2/c1-21-13(5-2-6-13)8-19-12(20)10-4-3-9(15)7-11(10)14(16,17)18/h3-4,7H,2,5-6,8H2,1H3,(H,19,20). The Labute approximate surface area is 129 Å². The van der Waals surface area contributed by atoms with Crippen molar-refractivity contribution < 1.29 is 22.7 Å². The van der Waals surface area contributed by atoms with E-state index in [9.17, 15) is 18.0 Å². The Bertz CT molecular complexity index is 536. The molecule has 0 atom stereocenters. The van der Waals surface area contributed by atoms with Crippen LogP contribution in [0.15, 0.2) is 22.7 Å². The van der Waals surface area contributed by atoms with Crippen LogP contribution in [-0.4, -0.2) is 25.2 Å². The zero-order valence-corrected chi connectivity index (χ0v) is 13.0. The molecule has 1 amide bonds. The van der Waals surface area contributed by atoms with E-state index in [0.717, 1.165) is 25.3 Å². The summed E-state index contributed by atoms with van der Waals surface area (Å²) < 4.78 is 44.6. The predicted molar refractivity (Wildman–Crippen MR) is 75.1 cm³/mol. The summed E-state index contributed by atoms with van der Waals surface area (Å²) in [4.78, 5) is 12.0. The second kappa shape index (κ2) is 5.96. The highest BCUT2D eigenvalue weighted by atomic mass is 79.9. The molecule has 1 aromatic carbocycles. The summed E-state index contributed by atoms with van der Waals surface area (Å²) in [5, 5.41) is 2.55. The van der Waals surface area contributed by atoms with Gasteiger partial charge in [-0.2, -0.15) is 13.2 Å². The van der Waals surface area contributed by atoms with Gasteiger partial charge in [-0.1, -0.05) is 15.9 Å². The number of alkyl halides is 3. The monoisotopic (exact) mass is 365 g/mol. The van der Waals surface area contributed by atoms with E-state index >= 15 is 0 Å². The molecule has 0 heterocycles. The van der Waals surface area contributed by atoms with Gasteiger partial charge in [0.1, 0.15) is 0 Å². The molecule has 0 unspecified atom stereocenters. The molecule has 21 heavy (non-hydrogen) atoms. The van der Waals surface area contributed by atoms with E-state index in [-0.39, 0.29) is 16.6 Å². The number of methoxy groups -OCH3 is 1. The molecule has 7 heteroatoms. The fourth-order valence-electron chi connectivity index (χ4n) is 2.31. The Morgan fingerprint density at radius 1 is 1.43 bits per heavy atom. The average Bonchev–Trinajstić information content (AvgIpc) is 2.36. The van der Waals surface area contributed by atoms with Gasteiger partial charge in [0, 0.05) is 18.1 Å². The first-order valence-electron chi connectivity index (χ1n) is 6.47. The van der Waals surface area contributed by atoms with Gasteiger partial charge >= 0.3 is 6.18 Å². The van der Waals surface area contributed by atoms with Gasteiger partial charge in [0.2, 0.25) is 0 Å². The van der Waals surface area contributed by atoms with Crippen molar-refractivity contribution in [3.63, 3.8) is 0 Å². The number of carbonyl (C=O) groups is 1. The summed E-state index contributed by atoms with van der Waals surface area (Å²) in [7, 11) is 1.55. The van der Waals surface area contributed by atoms with Gasteiger partial charge in [0.05, 0.1) is 16.7 Å². The Kier molecular flexibility index (Phi) is 4.63. The number of hydrogen-bond donors (Lipinski definition) is 1. The number of carbonyl (C=O) groups excluding carboxylic acids is 1. The third-order valence-corrected chi connectivity index (χ3v) is 4.29. The normalized spacial score (nSPS) is 17.2. The van der Waals surface area contributed by atoms with Crippen LogP contribution in [0.4, 0.5) is 13.2 Å². The number of nitrogens with one attached hydrogen (secondary N) is 1. The Hall–Kier alpha value is -1.08. The molecule has 1 aliphatic rings. The van der Waals surface area contributed by atoms with Gasteiger partial charge in [-0.25, -0.2) is 0 Å². The molecular weight excluding hydrogens is 351 g/mol. The van der Waals surface area contributed by atoms with Gasteiger partial charge in [-0.05, 0) is 37.5 Å². The maximum atomic E-state index is 13.0. The molecule has 2 rings (SSSR count). The van der Waals surface area contributed by atoms with Crippen molar-refractivity contribution in [3.8, 4) is 0 Å². The van der Waals surface area contributed by atoms with Crippen molar-refractivity contribution >= 4 is 21.8 Å². The highest BCUT2D eigenvalue weighted by Crippen LogP contribution is 2.35. The van der Waals surface area contributed by atoms with Crippen LogP contribution in [0.2, 0.25) is 0 Å². The summed E-state index contributed by atoms with van der Waals surface area (Å²) in [6.45, 7) is 0.218. The van der Waals surface area contributed by atoms with Crippen LogP contribution in [0.1, 0.15) is 35.2 Å². The summed E-state index contributed by atoms with van der Waals surface area (Å²) >= 11 is 2.99. The van der Waals surface area contributed by atoms with E-state index in [0.29, 0.717) is 0 Å². The van der Waals surface area contributed by atoms with Crippen LogP contribution in [0.25, 0.3) is 0 Å². The van der Waals surface area contributed by atoms with E-state index in [4.69, 9.17) is 4.74 Å². The molecular formula is C14H15BrF3NO2. The number of benzene rings is 1. The van der Waals surface area contributed by atoms with Crippen molar-refractivity contribution in [2.75, 3.05) is 13.7 Å². The third-order valence-electron chi connectivity index (χ3n) is 3.80. The Morgan fingerprint density at radius 3 is 2.57 bits per heavy atom. The second-order valence-electron chi connectivity index (χ2n) is 5.11. The van der Waals surface area contributed by atoms with Gasteiger partial charge in [0.25, 0.3) is 5.91 Å². The average molecular weight is 366 g/mol. The molecule has 0 radical (unpaired) electrons. The maximum Gasteiger partial charge on any atom is 0.417 e. The lowest BCUT2D eigenvalue weighted by molar-refractivity contribution is -0.138. The molecule has 3 nitrogen and oxygen atoms in total. The summed E-state index contributed by atoms with van der Waals surface area (Å²) in [5.74, 6) is -0.738. The Morgan fingerprint density at radius 2 is 2.10 bits per heavy atom. The summed E-state index contributed by atoms with van der Waals surface area (Å²) in [5.41, 5.74) is -1.76. The minimum atomic E-state index is -4.58. The van der Waals surface area contributed by atoms with Gasteiger partial charge in [-0.3, -0.25) is 4.79 Å². The van der Waals surface area contributed by atoms with Crippen LogP contribution >= 0.6 is 15.9 Å². The van der Waals surface area contributed by atoms with Crippen molar-refractivity contribution in [2.24, 2.45) is 0 Å². The summed E-state index contributed by atoms with van der Waals surface area (Å²) in [6, 6.07) is 3.49. The third kappa shape index (κ3) is 3.58. The van der Waals surface area contributed by atoms with Crippen molar-refractivity contribution in [1.82, 2.24) is 5.32 Å². The zero-order valence-electron chi connectivity index (χ0n) is 11.4. The SMILES string of the molecule is COC1(CNC(=O)c2ccc(Br)cc2C(F)(F)F)CCC1. The minimum absolute atomic E-state index is 0.218. The molecule has 116 valence electrons. The van der Waals surface area contributed by atoms with Crippen LogP contribution in [0, 0.1) is 0 Å². The van der Waals surface area contributed by atoms with Gasteiger partial charge < -0.3 is 10.1 Å². The lowest BCUT2D eigenvalue weighted by Gasteiger charge is -2.40. The lowest BCUT2D eigenvalue weighted by atomic mass is 9.80. The minimum Gasteiger partial charge on any atom is -0.376 e. The molecule has 0 spiro atoms. The highest BCUT2D eigenvalue weighted by molar-refractivity contribution is 9.10. The quantitative estimate of drug-likeness (QED) is 0.881. The molecule has 0 bridgehead atoms. The molecule has 1 aliphatic carbocycles. The molecule has 0 saturated heterocycles. The molecule has 1 saturated carbocycles. The predicted octanol–water partition coefficient (Wildman–Crippen LogP) is 3.77. The topological polar surface area (TPSA) is 38.3 Å².